The van der Waals surface area contributed by atoms with Crippen molar-refractivity contribution in [1.82, 2.24) is 5.32 Å². The molecule has 1 unspecified atom stereocenters. The zero-order valence-corrected chi connectivity index (χ0v) is 11.8. The van der Waals surface area contributed by atoms with Crippen LogP contribution in [0.3, 0.4) is 0 Å². The molecule has 4 heteroatoms. The van der Waals surface area contributed by atoms with Gasteiger partial charge in [-0.05, 0) is 18.9 Å². The van der Waals surface area contributed by atoms with Gasteiger partial charge in [0.2, 0.25) is 0 Å². The molecule has 0 radical (unpaired) electrons. The van der Waals surface area contributed by atoms with Crippen molar-refractivity contribution in [3.8, 4) is 0 Å². The van der Waals surface area contributed by atoms with Crippen molar-refractivity contribution in [2.45, 2.75) is 33.3 Å². The highest BCUT2D eigenvalue weighted by molar-refractivity contribution is 4.60. The third kappa shape index (κ3) is 12.1. The molecular formula is C13H29NO3. The largest absolute Gasteiger partial charge is 0.382 e. The first-order valence-corrected chi connectivity index (χ1v) is 6.59. The Hall–Kier alpha value is -0.160. The topological polar surface area (TPSA) is 39.7 Å². The normalized spacial score (nSPS) is 13.2. The number of hydrogen-bond donors (Lipinski definition) is 1. The van der Waals surface area contributed by atoms with Crippen molar-refractivity contribution in [2.75, 3.05) is 46.6 Å². The Bertz CT molecular complexity index is 154. The van der Waals surface area contributed by atoms with Crippen LogP contribution in [0.25, 0.3) is 0 Å². The first-order valence-electron chi connectivity index (χ1n) is 6.59. The van der Waals surface area contributed by atoms with Crippen molar-refractivity contribution >= 4 is 0 Å². The molecule has 0 aliphatic carbocycles. The number of ether oxygens (including phenoxy) is 3. The Morgan fingerprint density at radius 2 is 1.88 bits per heavy atom. The Morgan fingerprint density at radius 1 is 1.12 bits per heavy atom. The van der Waals surface area contributed by atoms with Crippen LogP contribution in [-0.4, -0.2) is 52.7 Å². The lowest BCUT2D eigenvalue weighted by molar-refractivity contribution is -0.0301. The van der Waals surface area contributed by atoms with Crippen molar-refractivity contribution in [3.05, 3.63) is 0 Å². The first kappa shape index (κ1) is 16.8. The van der Waals surface area contributed by atoms with E-state index in [0.29, 0.717) is 25.7 Å². The molecule has 0 rings (SSSR count). The Morgan fingerprint density at radius 3 is 2.47 bits per heavy atom. The van der Waals surface area contributed by atoms with Gasteiger partial charge in [-0.1, -0.05) is 20.8 Å². The minimum Gasteiger partial charge on any atom is -0.382 e. The third-order valence-corrected chi connectivity index (χ3v) is 2.18. The summed E-state index contributed by atoms with van der Waals surface area (Å²) in [6.45, 7) is 11.0. The van der Waals surface area contributed by atoms with E-state index in [0.717, 1.165) is 26.1 Å². The molecule has 4 nitrogen and oxygen atoms in total. The van der Waals surface area contributed by atoms with Gasteiger partial charge in [-0.15, -0.1) is 0 Å². The maximum absolute atomic E-state index is 5.70. The maximum atomic E-state index is 5.70. The molecule has 1 N–H and O–H groups in total. The standard InChI is InChI=1S/C13H29NO3/c1-5-6-14-9-13(11-15-4)17-8-7-16-10-12(2)3/h12-14H,5-11H2,1-4H3. The summed E-state index contributed by atoms with van der Waals surface area (Å²) in [5, 5.41) is 3.33. The van der Waals surface area contributed by atoms with E-state index < -0.39 is 0 Å². The zero-order valence-electron chi connectivity index (χ0n) is 11.8. The van der Waals surface area contributed by atoms with Gasteiger partial charge < -0.3 is 19.5 Å². The van der Waals surface area contributed by atoms with E-state index in [1.54, 1.807) is 7.11 Å². The quantitative estimate of drug-likeness (QED) is 0.533. The summed E-state index contributed by atoms with van der Waals surface area (Å²) in [5.41, 5.74) is 0. The summed E-state index contributed by atoms with van der Waals surface area (Å²) < 4.78 is 16.3. The van der Waals surface area contributed by atoms with Crippen LogP contribution < -0.4 is 5.32 Å². The summed E-state index contributed by atoms with van der Waals surface area (Å²) >= 11 is 0. The summed E-state index contributed by atoms with van der Waals surface area (Å²) in [6.07, 6.45) is 1.26. The predicted molar refractivity (Wildman–Crippen MR) is 70.4 cm³/mol. The molecule has 0 saturated carbocycles. The van der Waals surface area contributed by atoms with Gasteiger partial charge in [-0.3, -0.25) is 0 Å². The molecule has 1 atom stereocenters. The molecule has 0 fully saturated rings. The van der Waals surface area contributed by atoms with Gasteiger partial charge in [0, 0.05) is 20.3 Å². The monoisotopic (exact) mass is 247 g/mol. The fourth-order valence-electron chi connectivity index (χ4n) is 1.38. The zero-order chi connectivity index (χ0) is 12.9. The second-order valence-electron chi connectivity index (χ2n) is 4.62. The van der Waals surface area contributed by atoms with E-state index in [1.807, 2.05) is 0 Å². The van der Waals surface area contributed by atoms with Crippen LogP contribution in [0.5, 0.6) is 0 Å². The average molecular weight is 247 g/mol. The van der Waals surface area contributed by atoms with Gasteiger partial charge in [-0.25, -0.2) is 0 Å². The summed E-state index contributed by atoms with van der Waals surface area (Å²) in [7, 11) is 1.70. The van der Waals surface area contributed by atoms with Crippen molar-refractivity contribution in [3.63, 3.8) is 0 Å². The molecule has 0 saturated heterocycles. The third-order valence-electron chi connectivity index (χ3n) is 2.18. The molecule has 0 aromatic rings. The van der Waals surface area contributed by atoms with Crippen LogP contribution in [0, 0.1) is 5.92 Å². The molecule has 0 aliphatic heterocycles. The number of methoxy groups -OCH3 is 1. The molecule has 17 heavy (non-hydrogen) atoms. The molecule has 0 aromatic carbocycles. The predicted octanol–water partition coefficient (Wildman–Crippen LogP) is 1.69. The molecular weight excluding hydrogens is 218 g/mol. The fourth-order valence-corrected chi connectivity index (χ4v) is 1.38. The average Bonchev–Trinajstić information content (AvgIpc) is 2.28. The van der Waals surface area contributed by atoms with Crippen LogP contribution in [-0.2, 0) is 14.2 Å². The molecule has 104 valence electrons. The van der Waals surface area contributed by atoms with E-state index >= 15 is 0 Å². The Kier molecular flexibility index (Phi) is 12.2. The number of nitrogens with one attached hydrogen (secondary N) is 1. The summed E-state index contributed by atoms with van der Waals surface area (Å²) in [4.78, 5) is 0. The highest BCUT2D eigenvalue weighted by atomic mass is 16.5. The summed E-state index contributed by atoms with van der Waals surface area (Å²) in [6, 6.07) is 0. The van der Waals surface area contributed by atoms with Crippen molar-refractivity contribution in [2.24, 2.45) is 5.92 Å². The van der Waals surface area contributed by atoms with Gasteiger partial charge in [0.1, 0.15) is 0 Å². The number of hydrogen-bond acceptors (Lipinski definition) is 4. The van der Waals surface area contributed by atoms with E-state index in [1.165, 1.54) is 0 Å². The van der Waals surface area contributed by atoms with Crippen molar-refractivity contribution in [1.29, 1.82) is 0 Å². The first-order chi connectivity index (χ1) is 8.20. The van der Waals surface area contributed by atoms with E-state index in [4.69, 9.17) is 14.2 Å². The molecule has 0 heterocycles. The van der Waals surface area contributed by atoms with Gasteiger partial charge in [0.05, 0.1) is 25.9 Å². The van der Waals surface area contributed by atoms with E-state index in [-0.39, 0.29) is 6.10 Å². The smallest absolute Gasteiger partial charge is 0.0933 e. The van der Waals surface area contributed by atoms with Gasteiger partial charge in [0.25, 0.3) is 0 Å². The highest BCUT2D eigenvalue weighted by Crippen LogP contribution is 1.95. The lowest BCUT2D eigenvalue weighted by Gasteiger charge is -2.18. The van der Waals surface area contributed by atoms with Gasteiger partial charge in [0.15, 0.2) is 0 Å². The Balaban J connectivity index is 3.48. The molecule has 0 aliphatic rings. The lowest BCUT2D eigenvalue weighted by atomic mass is 10.2. The van der Waals surface area contributed by atoms with Crippen LogP contribution in [0.15, 0.2) is 0 Å². The van der Waals surface area contributed by atoms with Gasteiger partial charge in [-0.2, -0.15) is 0 Å². The second kappa shape index (κ2) is 12.3. The van der Waals surface area contributed by atoms with Crippen molar-refractivity contribution < 1.29 is 14.2 Å². The van der Waals surface area contributed by atoms with Crippen LogP contribution in [0.4, 0.5) is 0 Å². The number of rotatable bonds is 12. The Labute approximate surface area is 106 Å². The van der Waals surface area contributed by atoms with Crippen LogP contribution >= 0.6 is 0 Å². The lowest BCUT2D eigenvalue weighted by Crippen LogP contribution is -2.34. The van der Waals surface area contributed by atoms with Crippen LogP contribution in [0.1, 0.15) is 27.2 Å². The van der Waals surface area contributed by atoms with Crippen LogP contribution in [0.2, 0.25) is 0 Å². The summed E-state index contributed by atoms with van der Waals surface area (Å²) in [5.74, 6) is 0.580. The molecule has 0 bridgehead atoms. The highest BCUT2D eigenvalue weighted by Gasteiger charge is 2.07. The van der Waals surface area contributed by atoms with E-state index in [9.17, 15) is 0 Å². The molecule has 0 amide bonds. The van der Waals surface area contributed by atoms with Gasteiger partial charge >= 0.3 is 0 Å². The molecule has 0 aromatic heterocycles. The minimum atomic E-state index is 0.120. The van der Waals surface area contributed by atoms with E-state index in [2.05, 4.69) is 26.1 Å². The fraction of sp³-hybridized carbons (Fsp3) is 1.00. The molecule has 0 spiro atoms. The SMILES string of the molecule is CCCNCC(COC)OCCOCC(C)C. The maximum Gasteiger partial charge on any atom is 0.0933 e. The second-order valence-corrected chi connectivity index (χ2v) is 4.62. The minimum absolute atomic E-state index is 0.120.